The molecule has 2 N–H and O–H groups in total. The Morgan fingerprint density at radius 3 is 2.36 bits per heavy atom. The highest BCUT2D eigenvalue weighted by Crippen LogP contribution is 2.17. The van der Waals surface area contributed by atoms with E-state index in [9.17, 15) is 14.4 Å². The fraction of sp³-hybridized carbons (Fsp3) is 0.400. The van der Waals surface area contributed by atoms with Crippen LogP contribution in [-0.2, 0) is 9.59 Å². The van der Waals surface area contributed by atoms with Crippen LogP contribution in [0.2, 0.25) is 0 Å². The number of hydrogen-bond acceptors (Lipinski definition) is 5. The Morgan fingerprint density at radius 1 is 0.939 bits per heavy atom. The van der Waals surface area contributed by atoms with Crippen molar-refractivity contribution >= 4 is 23.4 Å². The number of ether oxygens (including phenoxy) is 2. The average Bonchev–Trinajstić information content (AvgIpc) is 3.13. The van der Waals surface area contributed by atoms with Gasteiger partial charge in [0.1, 0.15) is 11.5 Å². The number of carbonyl (C=O) groups excluding carboxylic acids is 3. The molecule has 33 heavy (non-hydrogen) atoms. The molecule has 0 aromatic heterocycles. The Bertz CT molecular complexity index is 937. The van der Waals surface area contributed by atoms with Crippen LogP contribution in [0.4, 0.5) is 5.69 Å². The number of benzene rings is 2. The summed E-state index contributed by atoms with van der Waals surface area (Å²) in [7, 11) is 1.56. The summed E-state index contributed by atoms with van der Waals surface area (Å²) in [5.41, 5.74) is 1.08. The van der Waals surface area contributed by atoms with E-state index in [0.29, 0.717) is 35.7 Å². The number of rotatable bonds is 9. The molecule has 0 bridgehead atoms. The van der Waals surface area contributed by atoms with Crippen molar-refractivity contribution in [2.45, 2.75) is 32.1 Å². The third-order valence-corrected chi connectivity index (χ3v) is 5.42. The maximum Gasteiger partial charge on any atom is 0.262 e. The van der Waals surface area contributed by atoms with Gasteiger partial charge in [-0.2, -0.15) is 0 Å². The van der Waals surface area contributed by atoms with Crippen molar-refractivity contribution in [1.29, 1.82) is 0 Å². The monoisotopic (exact) mass is 453 g/mol. The summed E-state index contributed by atoms with van der Waals surface area (Å²) in [5.74, 6) is 0.658. The summed E-state index contributed by atoms with van der Waals surface area (Å²) >= 11 is 0. The van der Waals surface area contributed by atoms with Crippen LogP contribution >= 0.6 is 0 Å². The molecule has 2 aromatic rings. The second kappa shape index (κ2) is 12.5. The zero-order chi connectivity index (χ0) is 23.5. The van der Waals surface area contributed by atoms with E-state index in [1.807, 2.05) is 4.90 Å². The molecule has 3 amide bonds. The first-order chi connectivity index (χ1) is 16.0. The molecular formula is C25H31N3O5. The Balaban J connectivity index is 1.39. The van der Waals surface area contributed by atoms with E-state index in [1.165, 1.54) is 12.8 Å². The van der Waals surface area contributed by atoms with Crippen LogP contribution in [0.1, 0.15) is 42.5 Å². The normalized spacial score (nSPS) is 13.5. The van der Waals surface area contributed by atoms with Gasteiger partial charge in [-0.3, -0.25) is 14.4 Å². The Morgan fingerprint density at radius 2 is 1.67 bits per heavy atom. The molecule has 1 fully saturated rings. The van der Waals surface area contributed by atoms with Crippen LogP contribution in [0, 0.1) is 0 Å². The van der Waals surface area contributed by atoms with Crippen LogP contribution in [0.3, 0.4) is 0 Å². The van der Waals surface area contributed by atoms with E-state index in [0.717, 1.165) is 25.9 Å². The maximum atomic E-state index is 12.3. The number of amides is 3. The number of carbonyl (C=O) groups is 3. The molecule has 0 radical (unpaired) electrons. The summed E-state index contributed by atoms with van der Waals surface area (Å²) in [6, 6.07) is 13.6. The largest absolute Gasteiger partial charge is 0.497 e. The lowest BCUT2D eigenvalue weighted by atomic mass is 10.2. The molecule has 0 saturated carbocycles. The molecule has 2 aromatic carbocycles. The summed E-state index contributed by atoms with van der Waals surface area (Å²) < 4.78 is 10.6. The molecule has 0 unspecified atom stereocenters. The molecular weight excluding hydrogens is 422 g/mol. The quantitative estimate of drug-likeness (QED) is 0.608. The van der Waals surface area contributed by atoms with Crippen molar-refractivity contribution in [3.05, 3.63) is 54.1 Å². The highest BCUT2D eigenvalue weighted by atomic mass is 16.5. The molecule has 0 aliphatic carbocycles. The first-order valence-electron chi connectivity index (χ1n) is 11.3. The Kier molecular flexibility index (Phi) is 9.11. The van der Waals surface area contributed by atoms with Gasteiger partial charge in [-0.1, -0.05) is 18.9 Å². The average molecular weight is 454 g/mol. The van der Waals surface area contributed by atoms with E-state index in [4.69, 9.17) is 9.47 Å². The van der Waals surface area contributed by atoms with Crippen molar-refractivity contribution in [3.63, 3.8) is 0 Å². The van der Waals surface area contributed by atoms with E-state index in [-0.39, 0.29) is 24.3 Å². The fourth-order valence-electron chi connectivity index (χ4n) is 3.61. The summed E-state index contributed by atoms with van der Waals surface area (Å²) in [4.78, 5) is 38.6. The minimum absolute atomic E-state index is 0.0909. The van der Waals surface area contributed by atoms with Gasteiger partial charge in [0.15, 0.2) is 6.61 Å². The lowest BCUT2D eigenvalue weighted by Crippen LogP contribution is -2.35. The SMILES string of the molecule is COc1cccc(NC(=O)COc2ccc(C(=O)NCCC(=O)N3CCCCCC3)cc2)c1. The topological polar surface area (TPSA) is 97.0 Å². The summed E-state index contributed by atoms with van der Waals surface area (Å²) in [6.45, 7) is 1.76. The molecule has 0 spiro atoms. The zero-order valence-electron chi connectivity index (χ0n) is 19.0. The molecule has 1 aliphatic rings. The van der Waals surface area contributed by atoms with Gasteiger partial charge in [0.25, 0.3) is 11.8 Å². The number of nitrogens with one attached hydrogen (secondary N) is 2. The number of anilines is 1. The van der Waals surface area contributed by atoms with Crippen LogP contribution in [0.5, 0.6) is 11.5 Å². The third-order valence-electron chi connectivity index (χ3n) is 5.42. The highest BCUT2D eigenvalue weighted by Gasteiger charge is 2.15. The van der Waals surface area contributed by atoms with Crippen molar-refractivity contribution in [2.24, 2.45) is 0 Å². The molecule has 0 atom stereocenters. The molecule has 1 saturated heterocycles. The van der Waals surface area contributed by atoms with Crippen LogP contribution in [0.25, 0.3) is 0 Å². The van der Waals surface area contributed by atoms with Crippen molar-refractivity contribution in [1.82, 2.24) is 10.2 Å². The second-order valence-corrected chi connectivity index (χ2v) is 7.89. The first kappa shape index (κ1) is 24.1. The van der Waals surface area contributed by atoms with E-state index in [2.05, 4.69) is 10.6 Å². The molecule has 176 valence electrons. The highest BCUT2D eigenvalue weighted by molar-refractivity contribution is 5.94. The van der Waals surface area contributed by atoms with Crippen LogP contribution in [-0.4, -0.2) is 56.0 Å². The van der Waals surface area contributed by atoms with Crippen molar-refractivity contribution < 1.29 is 23.9 Å². The Hall–Kier alpha value is -3.55. The van der Waals surface area contributed by atoms with Gasteiger partial charge in [-0.05, 0) is 49.2 Å². The smallest absolute Gasteiger partial charge is 0.262 e. The van der Waals surface area contributed by atoms with Crippen LogP contribution < -0.4 is 20.1 Å². The van der Waals surface area contributed by atoms with Gasteiger partial charge >= 0.3 is 0 Å². The second-order valence-electron chi connectivity index (χ2n) is 7.89. The Labute approximate surface area is 194 Å². The summed E-state index contributed by atoms with van der Waals surface area (Å²) in [6.07, 6.45) is 4.75. The number of likely N-dealkylation sites (tertiary alicyclic amines) is 1. The van der Waals surface area contributed by atoms with Crippen LogP contribution in [0.15, 0.2) is 48.5 Å². The lowest BCUT2D eigenvalue weighted by Gasteiger charge is -2.20. The third kappa shape index (κ3) is 7.82. The van der Waals surface area contributed by atoms with Gasteiger partial charge in [0.05, 0.1) is 7.11 Å². The van der Waals surface area contributed by atoms with E-state index in [1.54, 1.807) is 55.6 Å². The molecule has 8 nitrogen and oxygen atoms in total. The van der Waals surface area contributed by atoms with E-state index < -0.39 is 0 Å². The molecule has 1 heterocycles. The number of nitrogens with zero attached hydrogens (tertiary/aromatic N) is 1. The molecule has 8 heteroatoms. The van der Waals surface area contributed by atoms with Gasteiger partial charge < -0.3 is 25.0 Å². The van der Waals surface area contributed by atoms with Gasteiger partial charge in [-0.25, -0.2) is 0 Å². The van der Waals surface area contributed by atoms with Crippen molar-refractivity contribution in [2.75, 3.05) is 38.7 Å². The van der Waals surface area contributed by atoms with E-state index >= 15 is 0 Å². The van der Waals surface area contributed by atoms with Gasteiger partial charge in [-0.15, -0.1) is 0 Å². The minimum atomic E-state index is -0.306. The fourth-order valence-corrected chi connectivity index (χ4v) is 3.61. The van der Waals surface area contributed by atoms with Crippen molar-refractivity contribution in [3.8, 4) is 11.5 Å². The lowest BCUT2D eigenvalue weighted by molar-refractivity contribution is -0.131. The zero-order valence-corrected chi connectivity index (χ0v) is 19.0. The molecule has 1 aliphatic heterocycles. The predicted molar refractivity (Wildman–Crippen MR) is 126 cm³/mol. The summed E-state index contributed by atoms with van der Waals surface area (Å²) in [5, 5.41) is 5.53. The predicted octanol–water partition coefficient (Wildman–Crippen LogP) is 3.24. The molecule has 3 rings (SSSR count). The number of methoxy groups -OCH3 is 1. The number of hydrogen-bond donors (Lipinski definition) is 2. The maximum absolute atomic E-state index is 12.3. The minimum Gasteiger partial charge on any atom is -0.497 e. The van der Waals surface area contributed by atoms with Gasteiger partial charge in [0, 0.05) is 43.4 Å². The van der Waals surface area contributed by atoms with Gasteiger partial charge in [0.2, 0.25) is 5.91 Å². The standard InChI is InChI=1S/C25H31N3O5/c1-32-22-8-6-7-20(17-22)27-23(29)18-33-21-11-9-19(10-12-21)25(31)26-14-13-24(30)28-15-4-2-3-5-16-28/h6-12,17H,2-5,13-16,18H2,1H3,(H,26,31)(H,27,29). The first-order valence-corrected chi connectivity index (χ1v) is 11.3.